The second-order valence-corrected chi connectivity index (χ2v) is 4.53. The molecular formula is C10H18N2. The fraction of sp³-hybridized carbons (Fsp3) is 1.00. The lowest BCUT2D eigenvalue weighted by Gasteiger charge is -2.50. The van der Waals surface area contributed by atoms with Crippen molar-refractivity contribution in [2.45, 2.75) is 37.8 Å². The highest BCUT2D eigenvalue weighted by molar-refractivity contribution is 4.91. The molecule has 12 heavy (non-hydrogen) atoms. The largest absolute Gasteiger partial charge is 0.300 e. The average molecular weight is 166 g/mol. The van der Waals surface area contributed by atoms with Crippen molar-refractivity contribution >= 4 is 0 Å². The van der Waals surface area contributed by atoms with Crippen molar-refractivity contribution in [1.29, 1.82) is 0 Å². The van der Waals surface area contributed by atoms with E-state index in [1.165, 1.54) is 51.9 Å². The van der Waals surface area contributed by atoms with Crippen LogP contribution in [0.25, 0.3) is 0 Å². The molecule has 0 amide bonds. The summed E-state index contributed by atoms with van der Waals surface area (Å²) in [7, 11) is 0. The maximum absolute atomic E-state index is 2.74. The van der Waals surface area contributed by atoms with E-state index in [2.05, 4.69) is 9.80 Å². The fourth-order valence-electron chi connectivity index (χ4n) is 3.23. The SMILES string of the molecule is C1CN2CCC1N1CCC2CC1. The van der Waals surface area contributed by atoms with Crippen LogP contribution in [-0.2, 0) is 0 Å². The zero-order valence-corrected chi connectivity index (χ0v) is 7.71. The number of nitrogens with zero attached hydrogens (tertiary/aromatic N) is 2. The van der Waals surface area contributed by atoms with E-state index in [4.69, 9.17) is 0 Å². The summed E-state index contributed by atoms with van der Waals surface area (Å²) in [5.41, 5.74) is 0. The molecule has 6 aliphatic rings. The molecule has 0 spiro atoms. The Morgan fingerprint density at radius 1 is 0.583 bits per heavy atom. The molecule has 6 saturated heterocycles. The van der Waals surface area contributed by atoms with Gasteiger partial charge < -0.3 is 9.80 Å². The molecule has 6 fully saturated rings. The molecule has 0 atom stereocenters. The maximum Gasteiger partial charge on any atom is 0.0120 e. The third-order valence-corrected chi connectivity index (χ3v) is 4.03. The Bertz CT molecular complexity index is 125. The topological polar surface area (TPSA) is 6.48 Å². The van der Waals surface area contributed by atoms with Gasteiger partial charge in [-0.3, -0.25) is 0 Å². The Labute approximate surface area is 74.5 Å². The molecule has 0 saturated carbocycles. The van der Waals surface area contributed by atoms with Crippen LogP contribution in [0.5, 0.6) is 0 Å². The summed E-state index contributed by atoms with van der Waals surface area (Å²) < 4.78 is 0. The smallest absolute Gasteiger partial charge is 0.0120 e. The molecule has 0 unspecified atom stereocenters. The Kier molecular flexibility index (Phi) is 1.66. The number of hydrogen-bond donors (Lipinski definition) is 0. The Hall–Kier alpha value is -0.0800. The van der Waals surface area contributed by atoms with Crippen LogP contribution in [0.1, 0.15) is 25.7 Å². The van der Waals surface area contributed by atoms with Gasteiger partial charge in [0.15, 0.2) is 0 Å². The standard InChI is InChI=1S/C10H18N2/c1-5-11-6-2-9(1)12-7-3-10(11)4-8-12/h9-10H,1-8H2. The third-order valence-electron chi connectivity index (χ3n) is 4.03. The molecule has 68 valence electrons. The normalized spacial score (nSPS) is 52.0. The predicted octanol–water partition coefficient (Wildman–Crippen LogP) is 0.929. The van der Waals surface area contributed by atoms with Gasteiger partial charge in [0.2, 0.25) is 0 Å². The minimum absolute atomic E-state index is 0.947. The lowest BCUT2D eigenvalue weighted by molar-refractivity contribution is -0.00220. The first-order valence-corrected chi connectivity index (χ1v) is 5.41. The summed E-state index contributed by atoms with van der Waals surface area (Å²) >= 11 is 0. The molecule has 0 N–H and O–H groups in total. The van der Waals surface area contributed by atoms with Crippen molar-refractivity contribution < 1.29 is 0 Å². The number of piperidine rings is 2. The molecule has 6 rings (SSSR count). The molecule has 0 aromatic rings. The summed E-state index contributed by atoms with van der Waals surface area (Å²) in [6.07, 6.45) is 5.76. The summed E-state index contributed by atoms with van der Waals surface area (Å²) in [6.45, 7) is 5.52. The van der Waals surface area contributed by atoms with Crippen LogP contribution in [-0.4, -0.2) is 48.1 Å². The van der Waals surface area contributed by atoms with Crippen LogP contribution >= 0.6 is 0 Å². The van der Waals surface area contributed by atoms with Gasteiger partial charge in [0.1, 0.15) is 0 Å². The molecule has 0 aromatic heterocycles. The Morgan fingerprint density at radius 2 is 0.917 bits per heavy atom. The van der Waals surface area contributed by atoms with Crippen LogP contribution < -0.4 is 0 Å². The monoisotopic (exact) mass is 166 g/mol. The number of rotatable bonds is 0. The van der Waals surface area contributed by atoms with E-state index in [-0.39, 0.29) is 0 Å². The zero-order valence-electron chi connectivity index (χ0n) is 7.71. The summed E-state index contributed by atoms with van der Waals surface area (Å²) in [4.78, 5) is 5.49. The van der Waals surface area contributed by atoms with Crippen molar-refractivity contribution in [2.75, 3.05) is 26.2 Å². The molecule has 0 aliphatic carbocycles. The van der Waals surface area contributed by atoms with E-state index in [1.807, 2.05) is 0 Å². The lowest BCUT2D eigenvalue weighted by Crippen LogP contribution is -2.57. The molecule has 2 nitrogen and oxygen atoms in total. The van der Waals surface area contributed by atoms with Gasteiger partial charge in [-0.25, -0.2) is 0 Å². The highest BCUT2D eigenvalue weighted by Crippen LogP contribution is 2.29. The predicted molar refractivity (Wildman–Crippen MR) is 49.2 cm³/mol. The van der Waals surface area contributed by atoms with Crippen LogP contribution in [0.2, 0.25) is 0 Å². The van der Waals surface area contributed by atoms with Crippen molar-refractivity contribution in [1.82, 2.24) is 9.80 Å². The van der Waals surface area contributed by atoms with E-state index in [1.54, 1.807) is 0 Å². The van der Waals surface area contributed by atoms with Crippen molar-refractivity contribution in [3.05, 3.63) is 0 Å². The molecule has 2 heteroatoms. The highest BCUT2D eigenvalue weighted by Gasteiger charge is 2.35. The summed E-state index contributed by atoms with van der Waals surface area (Å²) in [6, 6.07) is 1.89. The molecule has 0 radical (unpaired) electrons. The zero-order chi connectivity index (χ0) is 7.97. The van der Waals surface area contributed by atoms with Gasteiger partial charge in [0, 0.05) is 12.1 Å². The molecular weight excluding hydrogens is 148 g/mol. The quantitative estimate of drug-likeness (QED) is 0.528. The van der Waals surface area contributed by atoms with E-state index in [0.29, 0.717) is 0 Å². The van der Waals surface area contributed by atoms with E-state index < -0.39 is 0 Å². The molecule has 4 bridgehead atoms. The van der Waals surface area contributed by atoms with Gasteiger partial charge in [-0.1, -0.05) is 0 Å². The van der Waals surface area contributed by atoms with Crippen molar-refractivity contribution in [3.8, 4) is 0 Å². The maximum atomic E-state index is 2.74. The van der Waals surface area contributed by atoms with Crippen LogP contribution in [0.4, 0.5) is 0 Å². The second kappa shape index (κ2) is 2.71. The Morgan fingerprint density at radius 3 is 1.25 bits per heavy atom. The van der Waals surface area contributed by atoms with Crippen LogP contribution in [0, 0.1) is 0 Å². The highest BCUT2D eigenvalue weighted by atomic mass is 15.3. The Balaban J connectivity index is 1.87. The van der Waals surface area contributed by atoms with Gasteiger partial charge in [-0.2, -0.15) is 0 Å². The van der Waals surface area contributed by atoms with Gasteiger partial charge in [-0.05, 0) is 51.9 Å². The second-order valence-electron chi connectivity index (χ2n) is 4.53. The summed E-state index contributed by atoms with van der Waals surface area (Å²) in [5.74, 6) is 0. The van der Waals surface area contributed by atoms with Crippen molar-refractivity contribution in [2.24, 2.45) is 0 Å². The molecule has 0 aromatic carbocycles. The average Bonchev–Trinajstić information content (AvgIpc) is 2.13. The van der Waals surface area contributed by atoms with Crippen molar-refractivity contribution in [3.63, 3.8) is 0 Å². The lowest BCUT2D eigenvalue weighted by atomic mass is 9.91. The first kappa shape index (κ1) is 7.34. The van der Waals surface area contributed by atoms with Gasteiger partial charge in [-0.15, -0.1) is 0 Å². The molecule has 6 aliphatic heterocycles. The molecule has 6 heterocycles. The number of hydrogen-bond acceptors (Lipinski definition) is 2. The first-order valence-electron chi connectivity index (χ1n) is 5.41. The van der Waals surface area contributed by atoms with Gasteiger partial charge in [0.05, 0.1) is 0 Å². The van der Waals surface area contributed by atoms with E-state index in [0.717, 1.165) is 12.1 Å². The van der Waals surface area contributed by atoms with E-state index >= 15 is 0 Å². The van der Waals surface area contributed by atoms with E-state index in [9.17, 15) is 0 Å². The minimum atomic E-state index is 0.947. The minimum Gasteiger partial charge on any atom is -0.300 e. The van der Waals surface area contributed by atoms with Crippen LogP contribution in [0.3, 0.4) is 0 Å². The van der Waals surface area contributed by atoms with Crippen LogP contribution in [0.15, 0.2) is 0 Å². The first-order chi connectivity index (χ1) is 5.93. The van der Waals surface area contributed by atoms with Gasteiger partial charge in [0.25, 0.3) is 0 Å². The summed E-state index contributed by atoms with van der Waals surface area (Å²) in [5, 5.41) is 0. The third kappa shape index (κ3) is 1.01. The fourth-order valence-corrected chi connectivity index (χ4v) is 3.23. The van der Waals surface area contributed by atoms with Gasteiger partial charge >= 0.3 is 0 Å².